The van der Waals surface area contributed by atoms with Crippen LogP contribution in [0.15, 0.2) is 12.7 Å². The van der Waals surface area contributed by atoms with Crippen molar-refractivity contribution in [1.29, 1.82) is 0 Å². The molecule has 0 aliphatic heterocycles. The highest BCUT2D eigenvalue weighted by atomic mass is 16.6. The molecule has 0 aromatic rings. The average Bonchev–Trinajstić information content (AvgIpc) is 2.29. The maximum absolute atomic E-state index is 11.6. The number of ether oxygens (including phenoxy) is 1. The molecular formula is C12H18O4. The van der Waals surface area contributed by atoms with E-state index < -0.39 is 23.5 Å². The van der Waals surface area contributed by atoms with Gasteiger partial charge in [0.1, 0.15) is 5.60 Å². The van der Waals surface area contributed by atoms with Gasteiger partial charge in [0.05, 0.1) is 0 Å². The van der Waals surface area contributed by atoms with E-state index in [4.69, 9.17) is 9.84 Å². The summed E-state index contributed by atoms with van der Waals surface area (Å²) in [6, 6.07) is 0. The summed E-state index contributed by atoms with van der Waals surface area (Å²) >= 11 is 0. The van der Waals surface area contributed by atoms with Crippen LogP contribution >= 0.6 is 0 Å². The molecule has 0 spiro atoms. The summed E-state index contributed by atoms with van der Waals surface area (Å²) in [5, 5.41) is 8.71. The normalized spacial score (nSPS) is 20.8. The summed E-state index contributed by atoms with van der Waals surface area (Å²) < 4.78 is 5.31. The molecule has 4 heteroatoms. The minimum atomic E-state index is -1.15. The Morgan fingerprint density at radius 1 is 1.38 bits per heavy atom. The number of hydrogen-bond acceptors (Lipinski definition) is 3. The first-order chi connectivity index (χ1) is 7.51. The molecule has 0 aromatic heterocycles. The van der Waals surface area contributed by atoms with E-state index in [-0.39, 0.29) is 0 Å². The number of hydrogen-bond donors (Lipinski definition) is 1. The first-order valence-corrected chi connectivity index (χ1v) is 5.60. The van der Waals surface area contributed by atoms with Gasteiger partial charge in [-0.15, -0.1) is 0 Å². The van der Waals surface area contributed by atoms with E-state index in [1.54, 1.807) is 6.08 Å². The largest absolute Gasteiger partial charge is 0.481 e. The summed E-state index contributed by atoms with van der Waals surface area (Å²) in [5.74, 6) is -2.94. The Balaban J connectivity index is 2.65. The molecule has 0 heterocycles. The molecule has 4 nitrogen and oxygen atoms in total. The molecule has 90 valence electrons. The van der Waals surface area contributed by atoms with Gasteiger partial charge in [0, 0.05) is 0 Å². The van der Waals surface area contributed by atoms with Crippen molar-refractivity contribution in [3.05, 3.63) is 12.7 Å². The van der Waals surface area contributed by atoms with Crippen LogP contribution in [0.5, 0.6) is 0 Å². The molecule has 1 atom stereocenters. The zero-order chi connectivity index (χ0) is 12.2. The van der Waals surface area contributed by atoms with Crippen molar-refractivity contribution < 1.29 is 19.4 Å². The Labute approximate surface area is 95.3 Å². The Morgan fingerprint density at radius 3 is 2.38 bits per heavy atom. The van der Waals surface area contributed by atoms with Gasteiger partial charge in [-0.05, 0) is 38.7 Å². The van der Waals surface area contributed by atoms with Gasteiger partial charge in [0.25, 0.3) is 0 Å². The maximum Gasteiger partial charge on any atom is 0.320 e. The highest BCUT2D eigenvalue weighted by molar-refractivity contribution is 5.93. The Morgan fingerprint density at radius 2 is 1.94 bits per heavy atom. The van der Waals surface area contributed by atoms with E-state index in [9.17, 15) is 9.59 Å². The zero-order valence-electron chi connectivity index (χ0n) is 9.57. The molecular weight excluding hydrogens is 208 g/mol. The molecule has 0 radical (unpaired) electrons. The van der Waals surface area contributed by atoms with E-state index in [1.165, 1.54) is 6.92 Å². The van der Waals surface area contributed by atoms with E-state index >= 15 is 0 Å². The first-order valence-electron chi connectivity index (χ1n) is 5.60. The van der Waals surface area contributed by atoms with Crippen LogP contribution in [0, 0.1) is 5.92 Å². The topological polar surface area (TPSA) is 63.6 Å². The number of esters is 1. The number of carboxylic acid groups (broad SMARTS) is 1. The third-order valence-electron chi connectivity index (χ3n) is 3.10. The van der Waals surface area contributed by atoms with Crippen LogP contribution in [0.3, 0.4) is 0 Å². The second kappa shape index (κ2) is 5.14. The van der Waals surface area contributed by atoms with Crippen LogP contribution in [0.4, 0.5) is 0 Å². The minimum absolute atomic E-state index is 0.640. The quantitative estimate of drug-likeness (QED) is 0.453. The van der Waals surface area contributed by atoms with E-state index in [1.807, 2.05) is 0 Å². The van der Waals surface area contributed by atoms with Crippen molar-refractivity contribution in [2.24, 2.45) is 5.92 Å². The molecule has 1 unspecified atom stereocenters. The molecule has 0 amide bonds. The second-order valence-corrected chi connectivity index (χ2v) is 4.31. The maximum atomic E-state index is 11.6. The van der Waals surface area contributed by atoms with Crippen LogP contribution < -0.4 is 0 Å². The molecule has 1 aliphatic rings. The van der Waals surface area contributed by atoms with E-state index in [2.05, 4.69) is 6.58 Å². The monoisotopic (exact) mass is 226 g/mol. The molecule has 1 fully saturated rings. The average molecular weight is 226 g/mol. The smallest absolute Gasteiger partial charge is 0.320 e. The molecule has 1 N–H and O–H groups in total. The third-order valence-corrected chi connectivity index (χ3v) is 3.10. The fraction of sp³-hybridized carbons (Fsp3) is 0.667. The number of carbonyl (C=O) groups excluding carboxylic acids is 1. The molecule has 1 aliphatic carbocycles. The van der Waals surface area contributed by atoms with Crippen LogP contribution in [-0.4, -0.2) is 22.6 Å². The zero-order valence-corrected chi connectivity index (χ0v) is 9.57. The van der Waals surface area contributed by atoms with Gasteiger partial charge in [-0.2, -0.15) is 0 Å². The molecule has 1 rings (SSSR count). The summed E-state index contributed by atoms with van der Waals surface area (Å²) in [6.45, 7) is 5.03. The van der Waals surface area contributed by atoms with Crippen LogP contribution in [-0.2, 0) is 14.3 Å². The Hall–Kier alpha value is -1.32. The lowest BCUT2D eigenvalue weighted by molar-refractivity contribution is -0.168. The van der Waals surface area contributed by atoms with Gasteiger partial charge < -0.3 is 9.84 Å². The highest BCUT2D eigenvalue weighted by Crippen LogP contribution is 2.33. The number of rotatable bonds is 4. The number of carboxylic acids is 1. The van der Waals surface area contributed by atoms with Gasteiger partial charge in [0.2, 0.25) is 0 Å². The molecule has 16 heavy (non-hydrogen) atoms. The van der Waals surface area contributed by atoms with E-state index in [0.29, 0.717) is 0 Å². The van der Waals surface area contributed by atoms with E-state index in [0.717, 1.165) is 32.1 Å². The molecule has 0 aromatic carbocycles. The highest BCUT2D eigenvalue weighted by Gasteiger charge is 2.35. The molecule has 1 saturated carbocycles. The van der Waals surface area contributed by atoms with Gasteiger partial charge in [-0.3, -0.25) is 9.59 Å². The second-order valence-electron chi connectivity index (χ2n) is 4.31. The standard InChI is InChI=1S/C12H18O4/c1-3-12(7-5-4-6-8-12)16-11(15)9(2)10(13)14/h3,9H,1,4-8H2,2H3,(H,13,14). The summed E-state index contributed by atoms with van der Waals surface area (Å²) in [6.07, 6.45) is 6.23. The van der Waals surface area contributed by atoms with Crippen molar-refractivity contribution in [3.63, 3.8) is 0 Å². The summed E-state index contributed by atoms with van der Waals surface area (Å²) in [5.41, 5.74) is -0.640. The lowest BCUT2D eigenvalue weighted by Crippen LogP contribution is -2.38. The van der Waals surface area contributed by atoms with Crippen molar-refractivity contribution in [3.8, 4) is 0 Å². The Bertz CT molecular complexity index is 289. The Kier molecular flexibility index (Phi) is 4.10. The summed E-state index contributed by atoms with van der Waals surface area (Å²) in [4.78, 5) is 22.2. The van der Waals surface area contributed by atoms with Crippen LogP contribution in [0.2, 0.25) is 0 Å². The molecule has 0 saturated heterocycles. The third kappa shape index (κ3) is 2.84. The van der Waals surface area contributed by atoms with Crippen molar-refractivity contribution in [1.82, 2.24) is 0 Å². The number of carbonyl (C=O) groups is 2. The predicted octanol–water partition coefficient (Wildman–Crippen LogP) is 2.14. The molecule has 0 bridgehead atoms. The minimum Gasteiger partial charge on any atom is -0.481 e. The van der Waals surface area contributed by atoms with Crippen molar-refractivity contribution >= 4 is 11.9 Å². The van der Waals surface area contributed by atoms with Crippen molar-refractivity contribution in [2.45, 2.75) is 44.6 Å². The van der Waals surface area contributed by atoms with Gasteiger partial charge in [-0.1, -0.05) is 13.0 Å². The van der Waals surface area contributed by atoms with Crippen LogP contribution in [0.25, 0.3) is 0 Å². The fourth-order valence-corrected chi connectivity index (χ4v) is 1.89. The van der Waals surface area contributed by atoms with Crippen LogP contribution in [0.1, 0.15) is 39.0 Å². The number of aliphatic carboxylic acids is 1. The lowest BCUT2D eigenvalue weighted by atomic mass is 9.84. The van der Waals surface area contributed by atoms with Gasteiger partial charge in [0.15, 0.2) is 5.92 Å². The van der Waals surface area contributed by atoms with Crippen molar-refractivity contribution in [2.75, 3.05) is 0 Å². The first kappa shape index (κ1) is 12.7. The fourth-order valence-electron chi connectivity index (χ4n) is 1.89. The van der Waals surface area contributed by atoms with Gasteiger partial charge in [-0.25, -0.2) is 0 Å². The summed E-state index contributed by atoms with van der Waals surface area (Å²) in [7, 11) is 0. The van der Waals surface area contributed by atoms with Gasteiger partial charge >= 0.3 is 11.9 Å². The SMILES string of the molecule is C=CC1(OC(=O)C(C)C(=O)O)CCCCC1. The lowest BCUT2D eigenvalue weighted by Gasteiger charge is -2.34. The predicted molar refractivity (Wildman–Crippen MR) is 58.9 cm³/mol.